The van der Waals surface area contributed by atoms with Crippen molar-refractivity contribution in [2.45, 2.75) is 53.4 Å². The fraction of sp³-hybridized carbons (Fsp3) is 0.375. The number of carbonyl (C=O) groups excluding carboxylic acids is 4. The van der Waals surface area contributed by atoms with Crippen molar-refractivity contribution in [1.82, 2.24) is 10.4 Å². The molecule has 3 rings (SSSR count). The molecule has 0 aliphatic heterocycles. The number of rotatable bonds is 15. The number of hydrogen-bond donors (Lipinski definition) is 3. The van der Waals surface area contributed by atoms with Gasteiger partial charge in [-0.15, -0.1) is 0 Å². The smallest absolute Gasteiger partial charge is 0.355 e. The molecule has 13 heteroatoms. The molecule has 1 heterocycles. The summed E-state index contributed by atoms with van der Waals surface area (Å²) >= 11 is 6.78. The maximum atomic E-state index is 12.1. The Labute approximate surface area is 279 Å². The van der Waals surface area contributed by atoms with Crippen LogP contribution >= 0.6 is 31.9 Å². The first-order valence-corrected chi connectivity index (χ1v) is 16.1. The first-order valence-electron chi connectivity index (χ1n) is 14.6. The van der Waals surface area contributed by atoms with E-state index < -0.39 is 11.9 Å². The number of carbonyl (C=O) groups is 4. The van der Waals surface area contributed by atoms with Crippen molar-refractivity contribution in [3.63, 3.8) is 0 Å². The lowest BCUT2D eigenvalue weighted by atomic mass is 10.1. The molecule has 0 spiro atoms. The summed E-state index contributed by atoms with van der Waals surface area (Å²) in [6, 6.07) is 13.2. The van der Waals surface area contributed by atoms with Crippen molar-refractivity contribution in [3.8, 4) is 0 Å². The molecule has 0 aliphatic carbocycles. The Bertz CT molecular complexity index is 1470. The number of aromatic amines is 1. The Kier molecular flexibility index (Phi) is 16.8. The fourth-order valence-corrected chi connectivity index (χ4v) is 4.75. The summed E-state index contributed by atoms with van der Waals surface area (Å²) in [4.78, 5) is 50.0. The van der Waals surface area contributed by atoms with E-state index in [1.165, 1.54) is 0 Å². The van der Waals surface area contributed by atoms with Crippen molar-refractivity contribution < 1.29 is 38.1 Å². The lowest BCUT2D eigenvalue weighted by Gasteiger charge is -2.12. The minimum Gasteiger partial charge on any atom is -0.466 e. The van der Waals surface area contributed by atoms with Gasteiger partial charge in [-0.1, -0.05) is 50.1 Å². The first kappa shape index (κ1) is 37.3. The highest BCUT2D eigenvalue weighted by molar-refractivity contribution is 9.10. The van der Waals surface area contributed by atoms with Crippen molar-refractivity contribution in [2.75, 3.05) is 31.9 Å². The molecule has 0 aliphatic rings. The summed E-state index contributed by atoms with van der Waals surface area (Å²) in [5, 5.41) is 0.913. The van der Waals surface area contributed by atoms with Gasteiger partial charge in [0, 0.05) is 32.7 Å². The molecule has 11 nitrogen and oxygen atoms in total. The van der Waals surface area contributed by atoms with E-state index in [4.69, 9.17) is 18.9 Å². The zero-order chi connectivity index (χ0) is 33.2. The molecule has 0 saturated carbocycles. The molecule has 0 bridgehead atoms. The number of H-pyrrole nitrogens is 1. The van der Waals surface area contributed by atoms with E-state index in [-0.39, 0.29) is 37.1 Å². The highest BCUT2D eigenvalue weighted by Gasteiger charge is 2.20. The number of hydrazine groups is 1. The largest absolute Gasteiger partial charge is 0.466 e. The van der Waals surface area contributed by atoms with Crippen LogP contribution < -0.4 is 10.9 Å². The predicted octanol–water partition coefficient (Wildman–Crippen LogP) is 6.76. The van der Waals surface area contributed by atoms with E-state index in [9.17, 15) is 19.2 Å². The third-order valence-corrected chi connectivity index (χ3v) is 6.88. The topological polar surface area (TPSA) is 145 Å². The average Bonchev–Trinajstić information content (AvgIpc) is 3.36. The van der Waals surface area contributed by atoms with Crippen LogP contribution in [0.5, 0.6) is 0 Å². The van der Waals surface area contributed by atoms with Crippen LogP contribution in [0.1, 0.15) is 63.0 Å². The van der Waals surface area contributed by atoms with Crippen LogP contribution in [-0.2, 0) is 39.8 Å². The van der Waals surface area contributed by atoms with Crippen LogP contribution in [0.2, 0.25) is 0 Å². The van der Waals surface area contributed by atoms with Gasteiger partial charge >= 0.3 is 23.9 Å². The monoisotopic (exact) mass is 751 g/mol. The van der Waals surface area contributed by atoms with Gasteiger partial charge in [0.1, 0.15) is 11.4 Å². The number of esters is 4. The zero-order valence-electron chi connectivity index (χ0n) is 25.8. The number of halogens is 2. The van der Waals surface area contributed by atoms with Crippen molar-refractivity contribution in [1.29, 1.82) is 0 Å². The van der Waals surface area contributed by atoms with Crippen molar-refractivity contribution in [2.24, 2.45) is 0 Å². The van der Waals surface area contributed by atoms with Crippen LogP contribution in [0.4, 0.5) is 5.69 Å². The minimum absolute atomic E-state index is 0.204. The summed E-state index contributed by atoms with van der Waals surface area (Å²) < 4.78 is 21.7. The molecular formula is C32H39Br2N3O8. The van der Waals surface area contributed by atoms with Gasteiger partial charge in [-0.25, -0.2) is 9.59 Å². The third kappa shape index (κ3) is 13.0. The molecule has 0 atom stereocenters. The van der Waals surface area contributed by atoms with Gasteiger partial charge in [-0.05, 0) is 76.4 Å². The van der Waals surface area contributed by atoms with Crippen LogP contribution in [0, 0.1) is 0 Å². The fourth-order valence-electron chi connectivity index (χ4n) is 3.99. The van der Waals surface area contributed by atoms with Gasteiger partial charge in [0.25, 0.3) is 0 Å². The summed E-state index contributed by atoms with van der Waals surface area (Å²) in [5.74, 6) is -1.47. The van der Waals surface area contributed by atoms with E-state index in [2.05, 4.69) is 47.7 Å². The highest BCUT2D eigenvalue weighted by Crippen LogP contribution is 2.27. The van der Waals surface area contributed by atoms with Gasteiger partial charge in [-0.3, -0.25) is 15.0 Å². The van der Waals surface area contributed by atoms with E-state index in [1.54, 1.807) is 33.8 Å². The van der Waals surface area contributed by atoms with E-state index in [1.807, 2.05) is 42.5 Å². The second-order valence-corrected chi connectivity index (χ2v) is 11.0. The van der Waals surface area contributed by atoms with Gasteiger partial charge in [0.2, 0.25) is 0 Å². The standard InChI is InChI=1S/C16H21BrN2O4.C16H18BrNO4/c1-3-22-15(20)10-6-9-14(16(21)23-4-2)19-18-13-8-5-7-12(17)11-13;1-3-21-14(19)8-7-12-11-6-5-10(17)9-13(11)18-15(12)16(20)22-4-2/h5,7-9,11,18-19H,3-4,6,10H2,1-2H3;5-6,9,18H,3-4,7-8H2,1-2H3/b14-9+;. The van der Waals surface area contributed by atoms with Gasteiger partial charge in [0.05, 0.1) is 32.1 Å². The molecular weight excluding hydrogens is 714 g/mol. The Hall–Kier alpha value is -3.84. The van der Waals surface area contributed by atoms with Gasteiger partial charge in [-0.2, -0.15) is 0 Å². The quantitative estimate of drug-likeness (QED) is 0.0659. The first-order chi connectivity index (χ1) is 21.6. The Morgan fingerprint density at radius 3 is 2.09 bits per heavy atom. The lowest BCUT2D eigenvalue weighted by molar-refractivity contribution is -0.144. The maximum absolute atomic E-state index is 12.1. The normalized spacial score (nSPS) is 10.8. The van der Waals surface area contributed by atoms with E-state index in [0.717, 1.165) is 31.1 Å². The Morgan fingerprint density at radius 1 is 0.800 bits per heavy atom. The Balaban J connectivity index is 0.000000314. The van der Waals surface area contributed by atoms with Crippen LogP contribution in [-0.4, -0.2) is 55.3 Å². The molecule has 3 N–H and O–H groups in total. The second-order valence-electron chi connectivity index (χ2n) is 9.14. The lowest BCUT2D eigenvalue weighted by Crippen LogP contribution is -2.27. The molecule has 0 fully saturated rings. The molecule has 45 heavy (non-hydrogen) atoms. The second kappa shape index (κ2) is 20.2. The number of allylic oxidation sites excluding steroid dienone is 1. The molecule has 0 saturated heterocycles. The zero-order valence-corrected chi connectivity index (χ0v) is 29.0. The van der Waals surface area contributed by atoms with Crippen molar-refractivity contribution >= 4 is 72.3 Å². The van der Waals surface area contributed by atoms with Crippen LogP contribution in [0.25, 0.3) is 10.9 Å². The molecule has 0 amide bonds. The number of anilines is 1. The van der Waals surface area contributed by atoms with Crippen molar-refractivity contribution in [3.05, 3.63) is 74.4 Å². The summed E-state index contributed by atoms with van der Waals surface area (Å²) in [7, 11) is 0. The number of fused-ring (bicyclic) bond motifs is 1. The third-order valence-electron chi connectivity index (χ3n) is 5.90. The SMILES string of the molecule is CCOC(=O)CC/C=C(/NNc1cccc(Br)c1)C(=O)OCC.CCOC(=O)CCc1c(C(=O)OCC)[nH]c2cc(Br)ccc12. The van der Waals surface area contributed by atoms with E-state index in [0.29, 0.717) is 38.4 Å². The molecule has 1 aromatic heterocycles. The molecule has 0 unspecified atom stereocenters. The number of hydrogen-bond acceptors (Lipinski definition) is 10. The summed E-state index contributed by atoms with van der Waals surface area (Å²) in [5.41, 5.74) is 8.78. The molecule has 3 aromatic rings. The van der Waals surface area contributed by atoms with E-state index >= 15 is 0 Å². The average molecular weight is 753 g/mol. The predicted molar refractivity (Wildman–Crippen MR) is 178 cm³/mol. The van der Waals surface area contributed by atoms with Gasteiger partial charge in [0.15, 0.2) is 0 Å². The number of benzene rings is 2. The van der Waals surface area contributed by atoms with Crippen LogP contribution in [0.3, 0.4) is 0 Å². The van der Waals surface area contributed by atoms with Gasteiger partial charge < -0.3 is 29.4 Å². The number of nitrogens with one attached hydrogen (secondary N) is 3. The summed E-state index contributed by atoms with van der Waals surface area (Å²) in [6.45, 7) is 8.28. The Morgan fingerprint density at radius 2 is 1.44 bits per heavy atom. The molecule has 0 radical (unpaired) electrons. The number of aryl methyl sites for hydroxylation is 1. The number of ether oxygens (including phenoxy) is 4. The molecule has 2 aromatic carbocycles. The summed E-state index contributed by atoms with van der Waals surface area (Å²) in [6.07, 6.45) is 2.84. The number of aromatic nitrogens is 1. The molecule has 244 valence electrons. The maximum Gasteiger partial charge on any atom is 0.355 e. The van der Waals surface area contributed by atoms with Crippen LogP contribution in [0.15, 0.2) is 63.2 Å². The minimum atomic E-state index is -0.487. The highest BCUT2D eigenvalue weighted by atomic mass is 79.9.